The summed E-state index contributed by atoms with van der Waals surface area (Å²) in [5, 5.41) is 5.35. The van der Waals surface area contributed by atoms with Gasteiger partial charge < -0.3 is 10.6 Å². The summed E-state index contributed by atoms with van der Waals surface area (Å²) in [6, 6.07) is 27.1. The minimum Gasteiger partial charge on any atom is -0.328 e. The third-order valence-electron chi connectivity index (χ3n) is 5.49. The van der Waals surface area contributed by atoms with Gasteiger partial charge in [-0.15, -0.1) is 0 Å². The van der Waals surface area contributed by atoms with E-state index in [1.807, 2.05) is 36.4 Å². The highest BCUT2D eigenvalue weighted by atomic mass is 16.1. The zero-order valence-electron chi connectivity index (χ0n) is 18.4. The lowest BCUT2D eigenvalue weighted by atomic mass is 9.92. The van der Waals surface area contributed by atoms with Crippen LogP contribution in [-0.4, -0.2) is 12.5 Å². The standard InChI is InChI=1S/C27H32N2O/c1-19(2)23-16-11-17-24(20(3)4)27(23)29-25(30)18-28-26(21-12-7-5-8-13-21)22-14-9-6-10-15-22/h5-17,19-20,26,28H,18H2,1-4H3,(H,29,30)/p+1. The van der Waals surface area contributed by atoms with E-state index in [1.165, 1.54) is 22.3 Å². The topological polar surface area (TPSA) is 45.7 Å². The number of para-hydroxylation sites is 1. The van der Waals surface area contributed by atoms with E-state index in [0.29, 0.717) is 18.4 Å². The Balaban J connectivity index is 1.79. The molecule has 0 bridgehead atoms. The predicted molar refractivity (Wildman–Crippen MR) is 125 cm³/mol. The fourth-order valence-corrected chi connectivity index (χ4v) is 3.90. The van der Waals surface area contributed by atoms with Crippen molar-refractivity contribution in [2.24, 2.45) is 0 Å². The molecule has 0 saturated carbocycles. The number of nitrogens with one attached hydrogen (secondary N) is 1. The second-order valence-corrected chi connectivity index (χ2v) is 8.41. The predicted octanol–water partition coefficient (Wildman–Crippen LogP) is 5.22. The van der Waals surface area contributed by atoms with Crippen molar-refractivity contribution in [1.82, 2.24) is 0 Å². The lowest BCUT2D eigenvalue weighted by Gasteiger charge is -2.21. The Morgan fingerprint density at radius 2 is 1.20 bits per heavy atom. The molecule has 0 fully saturated rings. The Bertz CT molecular complexity index is 883. The highest BCUT2D eigenvalue weighted by Gasteiger charge is 2.20. The van der Waals surface area contributed by atoms with E-state index < -0.39 is 0 Å². The number of carbonyl (C=O) groups is 1. The van der Waals surface area contributed by atoms with Crippen molar-refractivity contribution in [3.8, 4) is 0 Å². The molecule has 3 aromatic rings. The summed E-state index contributed by atoms with van der Waals surface area (Å²) in [6.07, 6.45) is 0. The molecular formula is C27H33N2O+. The lowest BCUT2D eigenvalue weighted by molar-refractivity contribution is -0.676. The first-order valence-corrected chi connectivity index (χ1v) is 10.8. The van der Waals surface area contributed by atoms with Crippen molar-refractivity contribution in [3.63, 3.8) is 0 Å². The monoisotopic (exact) mass is 401 g/mol. The minimum absolute atomic E-state index is 0.0295. The fraction of sp³-hybridized carbons (Fsp3) is 0.296. The maximum atomic E-state index is 13.0. The molecule has 0 spiro atoms. The van der Waals surface area contributed by atoms with Gasteiger partial charge in [-0.3, -0.25) is 4.79 Å². The van der Waals surface area contributed by atoms with Gasteiger partial charge in [0.2, 0.25) is 0 Å². The first-order valence-electron chi connectivity index (χ1n) is 10.8. The molecule has 3 nitrogen and oxygen atoms in total. The molecule has 30 heavy (non-hydrogen) atoms. The van der Waals surface area contributed by atoms with Crippen LogP contribution >= 0.6 is 0 Å². The van der Waals surface area contributed by atoms with Gasteiger partial charge in [0.15, 0.2) is 6.54 Å². The smallest absolute Gasteiger partial charge is 0.279 e. The summed E-state index contributed by atoms with van der Waals surface area (Å²) in [6.45, 7) is 9.03. The van der Waals surface area contributed by atoms with Crippen molar-refractivity contribution in [2.45, 2.75) is 45.6 Å². The van der Waals surface area contributed by atoms with E-state index in [-0.39, 0.29) is 11.9 Å². The van der Waals surface area contributed by atoms with E-state index in [1.54, 1.807) is 0 Å². The number of amides is 1. The Hall–Kier alpha value is -2.91. The van der Waals surface area contributed by atoms with Crippen LogP contribution in [0, 0.1) is 0 Å². The zero-order valence-corrected chi connectivity index (χ0v) is 18.4. The molecule has 0 saturated heterocycles. The van der Waals surface area contributed by atoms with Crippen molar-refractivity contribution in [2.75, 3.05) is 11.9 Å². The van der Waals surface area contributed by atoms with Gasteiger partial charge in [-0.1, -0.05) is 107 Å². The van der Waals surface area contributed by atoms with Gasteiger partial charge in [0.1, 0.15) is 6.04 Å². The van der Waals surface area contributed by atoms with E-state index in [2.05, 4.69) is 80.8 Å². The van der Waals surface area contributed by atoms with Crippen molar-refractivity contribution in [1.29, 1.82) is 0 Å². The number of quaternary nitrogens is 1. The molecule has 0 radical (unpaired) electrons. The SMILES string of the molecule is CC(C)c1cccc(C(C)C)c1NC(=O)C[NH2+]C(c1ccccc1)c1ccccc1. The van der Waals surface area contributed by atoms with Crippen LogP contribution in [0.15, 0.2) is 78.9 Å². The maximum Gasteiger partial charge on any atom is 0.279 e. The third kappa shape index (κ3) is 5.37. The summed E-state index contributed by atoms with van der Waals surface area (Å²) >= 11 is 0. The van der Waals surface area contributed by atoms with Gasteiger partial charge in [0.25, 0.3) is 5.91 Å². The number of hydrogen-bond donors (Lipinski definition) is 2. The van der Waals surface area contributed by atoms with Crippen LogP contribution in [0.3, 0.4) is 0 Å². The van der Waals surface area contributed by atoms with Gasteiger partial charge in [0, 0.05) is 16.8 Å². The number of rotatable bonds is 8. The van der Waals surface area contributed by atoms with Crippen LogP contribution < -0.4 is 10.6 Å². The van der Waals surface area contributed by atoms with Crippen LogP contribution in [0.1, 0.15) is 67.8 Å². The van der Waals surface area contributed by atoms with Gasteiger partial charge in [-0.25, -0.2) is 0 Å². The highest BCUT2D eigenvalue weighted by molar-refractivity contribution is 5.93. The number of carbonyl (C=O) groups excluding carboxylic acids is 1. The Morgan fingerprint density at radius 3 is 1.63 bits per heavy atom. The lowest BCUT2D eigenvalue weighted by Crippen LogP contribution is -2.87. The second-order valence-electron chi connectivity index (χ2n) is 8.41. The number of hydrogen-bond acceptors (Lipinski definition) is 1. The molecule has 1 amide bonds. The first kappa shape index (κ1) is 21.8. The molecule has 3 N–H and O–H groups in total. The Labute approximate surface area is 180 Å². The number of benzene rings is 3. The third-order valence-corrected chi connectivity index (χ3v) is 5.49. The van der Waals surface area contributed by atoms with Gasteiger partial charge in [-0.05, 0) is 23.0 Å². The molecule has 3 heteroatoms. The number of nitrogens with two attached hydrogens (primary N) is 1. The van der Waals surface area contributed by atoms with E-state index >= 15 is 0 Å². The largest absolute Gasteiger partial charge is 0.328 e. The zero-order chi connectivity index (χ0) is 21.5. The molecule has 0 aliphatic rings. The van der Waals surface area contributed by atoms with Crippen molar-refractivity contribution >= 4 is 11.6 Å². The molecule has 0 aliphatic carbocycles. The summed E-state index contributed by atoms with van der Waals surface area (Å²) < 4.78 is 0. The summed E-state index contributed by atoms with van der Waals surface area (Å²) in [5.41, 5.74) is 5.76. The number of anilines is 1. The Morgan fingerprint density at radius 1 is 0.733 bits per heavy atom. The summed E-state index contributed by atoms with van der Waals surface area (Å²) in [7, 11) is 0. The van der Waals surface area contributed by atoms with Crippen LogP contribution in [0.25, 0.3) is 0 Å². The first-order chi connectivity index (χ1) is 14.5. The quantitative estimate of drug-likeness (QED) is 0.534. The molecule has 3 rings (SSSR count). The second kappa shape index (κ2) is 10.2. The average molecular weight is 402 g/mol. The molecular weight excluding hydrogens is 368 g/mol. The van der Waals surface area contributed by atoms with Crippen LogP contribution in [-0.2, 0) is 4.79 Å². The molecule has 0 heterocycles. The molecule has 0 atom stereocenters. The van der Waals surface area contributed by atoms with E-state index in [9.17, 15) is 4.79 Å². The summed E-state index contributed by atoms with van der Waals surface area (Å²) in [4.78, 5) is 13.0. The maximum absolute atomic E-state index is 13.0. The molecule has 3 aromatic carbocycles. The molecule has 0 aromatic heterocycles. The molecule has 156 valence electrons. The minimum atomic E-state index is 0.0295. The van der Waals surface area contributed by atoms with Gasteiger partial charge in [-0.2, -0.15) is 0 Å². The van der Waals surface area contributed by atoms with Crippen LogP contribution in [0.5, 0.6) is 0 Å². The van der Waals surface area contributed by atoms with Gasteiger partial charge in [0.05, 0.1) is 0 Å². The van der Waals surface area contributed by atoms with Gasteiger partial charge >= 0.3 is 0 Å². The normalized spacial score (nSPS) is 11.3. The fourth-order valence-electron chi connectivity index (χ4n) is 3.90. The van der Waals surface area contributed by atoms with E-state index in [4.69, 9.17) is 0 Å². The average Bonchev–Trinajstić information content (AvgIpc) is 2.75. The van der Waals surface area contributed by atoms with Crippen LogP contribution in [0.2, 0.25) is 0 Å². The molecule has 0 aliphatic heterocycles. The summed E-state index contributed by atoms with van der Waals surface area (Å²) in [5.74, 6) is 0.732. The highest BCUT2D eigenvalue weighted by Crippen LogP contribution is 2.32. The van der Waals surface area contributed by atoms with Crippen LogP contribution in [0.4, 0.5) is 5.69 Å². The molecule has 0 unspecified atom stereocenters. The Kier molecular flexibility index (Phi) is 7.42. The van der Waals surface area contributed by atoms with Crippen molar-refractivity contribution < 1.29 is 10.1 Å². The van der Waals surface area contributed by atoms with Crippen molar-refractivity contribution in [3.05, 3.63) is 101 Å². The van der Waals surface area contributed by atoms with E-state index in [0.717, 1.165) is 5.69 Å².